The van der Waals surface area contributed by atoms with Gasteiger partial charge in [0, 0.05) is 10.8 Å². The van der Waals surface area contributed by atoms with E-state index in [-0.39, 0.29) is 10.8 Å². The first-order valence-corrected chi connectivity index (χ1v) is 13.6. The molecule has 0 saturated heterocycles. The van der Waals surface area contributed by atoms with Gasteiger partial charge in [0.15, 0.2) is 0 Å². The van der Waals surface area contributed by atoms with E-state index in [9.17, 15) is 0 Å². The number of unbranched alkanes of at least 4 members (excludes halogenated alkanes) is 1. The number of fused-ring (bicyclic) bond motifs is 6. The lowest BCUT2D eigenvalue weighted by molar-refractivity contribution is 0.345. The Kier molecular flexibility index (Phi) is 5.64. The summed E-state index contributed by atoms with van der Waals surface area (Å²) in [6, 6.07) is 37.0. The molecule has 0 amide bonds. The van der Waals surface area contributed by atoms with Crippen molar-refractivity contribution in [2.75, 3.05) is 0 Å². The minimum absolute atomic E-state index is 0.0909. The first-order valence-electron chi connectivity index (χ1n) is 13.6. The Labute approximate surface area is 211 Å². The van der Waals surface area contributed by atoms with E-state index in [1.807, 2.05) is 0 Å². The van der Waals surface area contributed by atoms with E-state index in [0.717, 1.165) is 0 Å². The Morgan fingerprint density at radius 3 is 1.09 bits per heavy atom. The molecule has 0 aliphatic heterocycles. The summed E-state index contributed by atoms with van der Waals surface area (Å²) in [5.74, 6) is 0. The summed E-state index contributed by atoms with van der Waals surface area (Å²) in [6.45, 7) is 4.70. The molecule has 0 unspecified atom stereocenters. The zero-order chi connectivity index (χ0) is 23.9. The molecule has 0 heteroatoms. The molecule has 35 heavy (non-hydrogen) atoms. The van der Waals surface area contributed by atoms with Gasteiger partial charge in [-0.25, -0.2) is 0 Å². The second kappa shape index (κ2) is 8.83. The maximum atomic E-state index is 2.42. The predicted molar refractivity (Wildman–Crippen MR) is 149 cm³/mol. The van der Waals surface area contributed by atoms with Crippen LogP contribution in [0.4, 0.5) is 0 Å². The monoisotopic (exact) mass is 456 g/mol. The van der Waals surface area contributed by atoms with Gasteiger partial charge >= 0.3 is 0 Å². The third-order valence-corrected chi connectivity index (χ3v) is 8.96. The second-order valence-electron chi connectivity index (χ2n) is 10.7. The summed E-state index contributed by atoms with van der Waals surface area (Å²) >= 11 is 0. The first kappa shape index (κ1) is 22.4. The SMILES string of the molecule is CCCCC1(CCC2(CCC)c3ccccc3-c3ccccc32)c2ccccc2-c2ccccc21. The Hall–Kier alpha value is -3.12. The maximum Gasteiger partial charge on any atom is 0.0215 e. The smallest absolute Gasteiger partial charge is 0.0215 e. The fourth-order valence-corrected chi connectivity index (χ4v) is 7.49. The minimum Gasteiger partial charge on any atom is -0.0654 e. The summed E-state index contributed by atoms with van der Waals surface area (Å²) < 4.78 is 0. The van der Waals surface area contributed by atoms with Gasteiger partial charge in [0.1, 0.15) is 0 Å². The molecule has 0 spiro atoms. The van der Waals surface area contributed by atoms with Crippen LogP contribution in [0.15, 0.2) is 97.1 Å². The van der Waals surface area contributed by atoms with Crippen molar-refractivity contribution in [3.63, 3.8) is 0 Å². The molecule has 0 radical (unpaired) electrons. The first-order chi connectivity index (χ1) is 17.2. The second-order valence-corrected chi connectivity index (χ2v) is 10.7. The lowest BCUT2D eigenvalue weighted by atomic mass is 9.64. The van der Waals surface area contributed by atoms with E-state index >= 15 is 0 Å². The van der Waals surface area contributed by atoms with E-state index in [2.05, 4.69) is 111 Å². The van der Waals surface area contributed by atoms with Gasteiger partial charge in [-0.2, -0.15) is 0 Å². The summed E-state index contributed by atoms with van der Waals surface area (Å²) in [5.41, 5.74) is 12.2. The van der Waals surface area contributed by atoms with Gasteiger partial charge in [-0.3, -0.25) is 0 Å². The Morgan fingerprint density at radius 1 is 0.400 bits per heavy atom. The lowest BCUT2D eigenvalue weighted by Gasteiger charge is -2.39. The molecule has 0 heterocycles. The van der Waals surface area contributed by atoms with Crippen molar-refractivity contribution >= 4 is 0 Å². The number of rotatable bonds is 8. The Morgan fingerprint density at radius 2 is 0.743 bits per heavy atom. The maximum absolute atomic E-state index is 2.42. The van der Waals surface area contributed by atoms with Crippen molar-refractivity contribution in [1.82, 2.24) is 0 Å². The quantitative estimate of drug-likeness (QED) is 0.247. The standard InChI is InChI=1S/C35H36/c1-3-5-23-35(32-20-12-8-16-28(32)29-17-9-13-21-33(29)35)25-24-34(22-4-2)30-18-10-6-14-26(30)27-15-7-11-19-31(27)34/h6-21H,3-5,22-25H2,1-2H3. The number of hydrogen-bond donors (Lipinski definition) is 0. The van der Waals surface area contributed by atoms with Crippen LogP contribution in [0.1, 0.15) is 81.0 Å². The Bertz CT molecular complexity index is 1270. The third-order valence-electron chi connectivity index (χ3n) is 8.96. The van der Waals surface area contributed by atoms with E-state index in [4.69, 9.17) is 0 Å². The van der Waals surface area contributed by atoms with Crippen LogP contribution in [0.3, 0.4) is 0 Å². The Balaban J connectivity index is 1.51. The zero-order valence-corrected chi connectivity index (χ0v) is 21.2. The van der Waals surface area contributed by atoms with Crippen LogP contribution in [0, 0.1) is 0 Å². The summed E-state index contributed by atoms with van der Waals surface area (Å²) in [4.78, 5) is 0. The number of benzene rings is 4. The van der Waals surface area contributed by atoms with E-state index in [0.29, 0.717) is 0 Å². The van der Waals surface area contributed by atoms with E-state index < -0.39 is 0 Å². The van der Waals surface area contributed by atoms with Crippen LogP contribution < -0.4 is 0 Å². The van der Waals surface area contributed by atoms with Crippen LogP contribution in [0.5, 0.6) is 0 Å². The largest absolute Gasteiger partial charge is 0.0654 e. The molecule has 176 valence electrons. The molecule has 0 saturated carbocycles. The highest BCUT2D eigenvalue weighted by molar-refractivity contribution is 5.82. The van der Waals surface area contributed by atoms with Gasteiger partial charge in [0.05, 0.1) is 0 Å². The molecular formula is C35H36. The van der Waals surface area contributed by atoms with Gasteiger partial charge in [-0.1, -0.05) is 130 Å². The molecule has 0 aromatic heterocycles. The van der Waals surface area contributed by atoms with Crippen LogP contribution in [-0.2, 0) is 10.8 Å². The highest BCUT2D eigenvalue weighted by Gasteiger charge is 2.47. The van der Waals surface area contributed by atoms with Crippen LogP contribution in [0.2, 0.25) is 0 Å². The molecule has 4 aromatic carbocycles. The molecule has 6 rings (SSSR count). The van der Waals surface area contributed by atoms with Gasteiger partial charge in [0.2, 0.25) is 0 Å². The van der Waals surface area contributed by atoms with Crippen LogP contribution in [0.25, 0.3) is 22.3 Å². The molecule has 2 aliphatic carbocycles. The van der Waals surface area contributed by atoms with Crippen molar-refractivity contribution < 1.29 is 0 Å². The van der Waals surface area contributed by atoms with Gasteiger partial charge in [0.25, 0.3) is 0 Å². The van der Waals surface area contributed by atoms with Gasteiger partial charge in [-0.05, 0) is 70.2 Å². The molecule has 0 atom stereocenters. The lowest BCUT2D eigenvalue weighted by Crippen LogP contribution is -2.32. The molecule has 4 aromatic rings. The van der Waals surface area contributed by atoms with Gasteiger partial charge in [-0.15, -0.1) is 0 Å². The zero-order valence-electron chi connectivity index (χ0n) is 21.2. The van der Waals surface area contributed by atoms with Crippen LogP contribution in [-0.4, -0.2) is 0 Å². The van der Waals surface area contributed by atoms with E-state index in [1.54, 1.807) is 22.3 Å². The predicted octanol–water partition coefficient (Wildman–Crippen LogP) is 9.69. The highest BCUT2D eigenvalue weighted by atomic mass is 14.5. The third kappa shape index (κ3) is 3.26. The topological polar surface area (TPSA) is 0 Å². The normalized spacial score (nSPS) is 15.8. The summed E-state index contributed by atoms with van der Waals surface area (Å²) in [5, 5.41) is 0. The average molecular weight is 457 g/mol. The molecule has 0 bridgehead atoms. The van der Waals surface area contributed by atoms with Crippen molar-refractivity contribution in [2.24, 2.45) is 0 Å². The summed E-state index contributed by atoms with van der Waals surface area (Å²) in [6.07, 6.45) is 8.48. The molecule has 2 aliphatic rings. The van der Waals surface area contributed by atoms with Crippen molar-refractivity contribution in [3.05, 3.63) is 119 Å². The highest BCUT2D eigenvalue weighted by Crippen LogP contribution is 2.58. The van der Waals surface area contributed by atoms with Crippen molar-refractivity contribution in [1.29, 1.82) is 0 Å². The van der Waals surface area contributed by atoms with Crippen molar-refractivity contribution in [3.8, 4) is 22.3 Å². The summed E-state index contributed by atoms with van der Waals surface area (Å²) in [7, 11) is 0. The average Bonchev–Trinajstić information content (AvgIpc) is 3.35. The van der Waals surface area contributed by atoms with E-state index in [1.165, 1.54) is 67.2 Å². The van der Waals surface area contributed by atoms with Crippen LogP contribution >= 0.6 is 0 Å². The number of hydrogen-bond acceptors (Lipinski definition) is 0. The molecule has 0 N–H and O–H groups in total. The minimum atomic E-state index is 0.0909. The fourth-order valence-electron chi connectivity index (χ4n) is 7.49. The molecule has 0 fully saturated rings. The molecular weight excluding hydrogens is 420 g/mol. The van der Waals surface area contributed by atoms with Crippen molar-refractivity contribution in [2.45, 2.75) is 69.6 Å². The van der Waals surface area contributed by atoms with Gasteiger partial charge < -0.3 is 0 Å². The fraction of sp³-hybridized carbons (Fsp3) is 0.314. The molecule has 0 nitrogen and oxygen atoms in total.